The Morgan fingerprint density at radius 1 is 1.14 bits per heavy atom. The summed E-state index contributed by atoms with van der Waals surface area (Å²) in [6, 6.07) is 6.97. The van der Waals surface area contributed by atoms with Gasteiger partial charge in [-0.25, -0.2) is 4.79 Å². The zero-order chi connectivity index (χ0) is 29.6. The van der Waals surface area contributed by atoms with Gasteiger partial charge in [-0.15, -0.1) is 0 Å². The van der Waals surface area contributed by atoms with Crippen molar-refractivity contribution in [2.75, 3.05) is 25.5 Å². The maximum absolute atomic E-state index is 12.4. The Morgan fingerprint density at radius 2 is 1.95 bits per heavy atom. The Morgan fingerprint density at radius 3 is 2.74 bits per heavy atom. The molecule has 4 saturated heterocycles. The van der Waals surface area contributed by atoms with E-state index in [4.69, 9.17) is 23.7 Å². The van der Waals surface area contributed by atoms with E-state index >= 15 is 0 Å². The van der Waals surface area contributed by atoms with Crippen molar-refractivity contribution < 1.29 is 48.3 Å². The topological polar surface area (TPSA) is 174 Å². The molecule has 5 rings (SSSR count). The monoisotopic (exact) mass is 614 g/mol. The molecule has 13 nitrogen and oxygen atoms in total. The van der Waals surface area contributed by atoms with Gasteiger partial charge in [0, 0.05) is 29.5 Å². The molecule has 0 radical (unpaired) electrons. The molecule has 0 aromatic heterocycles. The van der Waals surface area contributed by atoms with Gasteiger partial charge in [-0.1, -0.05) is 25.1 Å². The third kappa shape index (κ3) is 7.43. The number of thioether (sulfide) groups is 1. The molecule has 4 aliphatic heterocycles. The van der Waals surface area contributed by atoms with Crippen molar-refractivity contribution in [3.63, 3.8) is 0 Å². The fourth-order valence-corrected chi connectivity index (χ4v) is 6.98. The molecule has 4 aliphatic rings. The highest BCUT2D eigenvalue weighted by molar-refractivity contribution is 8.00. The van der Waals surface area contributed by atoms with Gasteiger partial charge in [0.25, 0.3) is 0 Å². The van der Waals surface area contributed by atoms with Crippen LogP contribution in [0.25, 0.3) is 0 Å². The lowest BCUT2D eigenvalue weighted by atomic mass is 10.0. The molecular weight excluding hydrogens is 577 g/mol. The molecule has 1 aromatic carbocycles. The van der Waals surface area contributed by atoms with Crippen molar-refractivity contribution in [3.8, 4) is 5.75 Å². The van der Waals surface area contributed by atoms with Crippen LogP contribution in [-0.4, -0.2) is 102 Å². The number of rotatable bonds is 12. The lowest BCUT2D eigenvalue weighted by Crippen LogP contribution is -2.62. The number of benzene rings is 1. The fraction of sp³-hybridized carbons (Fsp3) is 0.607. The van der Waals surface area contributed by atoms with Crippen LogP contribution in [0.2, 0.25) is 0 Å². The summed E-state index contributed by atoms with van der Waals surface area (Å²) < 4.78 is 28.4. The van der Waals surface area contributed by atoms with Crippen molar-refractivity contribution in [1.82, 2.24) is 16.0 Å². The van der Waals surface area contributed by atoms with E-state index in [1.807, 2.05) is 11.8 Å². The Bertz CT molecular complexity index is 1120. The molecule has 9 atom stereocenters. The van der Waals surface area contributed by atoms with Crippen molar-refractivity contribution in [2.45, 2.75) is 80.0 Å². The zero-order valence-electron chi connectivity index (χ0n) is 23.0. The van der Waals surface area contributed by atoms with E-state index in [0.717, 1.165) is 24.7 Å². The molecule has 0 bridgehead atoms. The number of hydrogen-bond acceptors (Lipinski definition) is 11. The molecule has 1 aromatic rings. The summed E-state index contributed by atoms with van der Waals surface area (Å²) in [6.45, 7) is 3.70. The minimum atomic E-state index is -1.36. The number of carbonyl (C=O) groups is 3. The first-order chi connectivity index (χ1) is 20.3. The summed E-state index contributed by atoms with van der Waals surface area (Å²) in [6.07, 6.45) is -2.17. The van der Waals surface area contributed by atoms with E-state index in [0.29, 0.717) is 29.4 Å². The number of ether oxygens (including phenoxy) is 5. The van der Waals surface area contributed by atoms with Gasteiger partial charge in [0.2, 0.25) is 5.91 Å². The summed E-state index contributed by atoms with van der Waals surface area (Å²) in [7, 11) is 0. The molecule has 0 aliphatic carbocycles. The van der Waals surface area contributed by atoms with Crippen molar-refractivity contribution in [1.29, 1.82) is 0 Å². The molecule has 3 amide bonds. The van der Waals surface area contributed by atoms with Gasteiger partial charge in [-0.3, -0.25) is 9.59 Å². The molecule has 230 valence electrons. The minimum Gasteiger partial charge on any atom is -0.427 e. The molecule has 0 spiro atoms. The Kier molecular flexibility index (Phi) is 10.4. The summed E-state index contributed by atoms with van der Waals surface area (Å²) in [5.74, 6) is 0.640. The van der Waals surface area contributed by atoms with Gasteiger partial charge in [0.05, 0.1) is 25.3 Å². The molecule has 4 fully saturated rings. The average Bonchev–Trinajstić information content (AvgIpc) is 3.55. The summed E-state index contributed by atoms with van der Waals surface area (Å²) >= 11 is 1.86. The number of hydrogen-bond donors (Lipinski definition) is 5. The highest BCUT2D eigenvalue weighted by Crippen LogP contribution is 2.35. The molecular formula is C28H37N3O10S. The maximum Gasteiger partial charge on any atom is 0.315 e. The average molecular weight is 615 g/mol. The number of urea groups is 1. The summed E-state index contributed by atoms with van der Waals surface area (Å²) in [4.78, 5) is 35.1. The van der Waals surface area contributed by atoms with Crippen LogP contribution in [0.1, 0.15) is 37.5 Å². The number of aliphatic hydroxyl groups excluding tert-OH is 2. The molecule has 0 saturated carbocycles. The van der Waals surface area contributed by atoms with Crippen molar-refractivity contribution in [2.24, 2.45) is 0 Å². The second kappa shape index (κ2) is 14.2. The van der Waals surface area contributed by atoms with Crippen LogP contribution >= 0.6 is 11.8 Å². The zero-order valence-corrected chi connectivity index (χ0v) is 23.8. The van der Waals surface area contributed by atoms with Crippen molar-refractivity contribution in [3.05, 3.63) is 42.5 Å². The van der Waals surface area contributed by atoms with E-state index in [1.54, 1.807) is 24.3 Å². The predicted molar refractivity (Wildman–Crippen MR) is 149 cm³/mol. The maximum atomic E-state index is 12.4. The molecule has 5 N–H and O–H groups in total. The van der Waals surface area contributed by atoms with Gasteiger partial charge in [-0.2, -0.15) is 11.8 Å². The summed E-state index contributed by atoms with van der Waals surface area (Å²) in [5.41, 5.74) is 0.645. The van der Waals surface area contributed by atoms with E-state index in [1.165, 1.54) is 0 Å². The number of unbranched alkanes of at least 4 members (excludes halogenated alkanes) is 1. The number of aliphatic hydroxyl groups is 2. The van der Waals surface area contributed by atoms with Gasteiger partial charge < -0.3 is 49.8 Å². The van der Waals surface area contributed by atoms with Crippen LogP contribution < -0.4 is 20.7 Å². The highest BCUT2D eigenvalue weighted by Gasteiger charge is 2.49. The molecule has 4 heterocycles. The standard InChI is InChI=1S/C28H37N3O10S/c1-2-20(32)29-11-12-37-27-24(35)23(34)25-18(40-27)13-38-26(41-25)15-7-9-16(10-8-15)39-21(33)6-4-3-5-19-22-17(14-42-19)30-28(36)31-22/h2,7-10,17-19,22-27,34-35H,1,3-6,11-14H2,(H,29,32)(H2,30,31,36)/t17-,18+,19-,22-,23+,24+,25?,26?,27+/m0/s1/i11+1,12+1,13+1,18+1,24+1,25+1,27+1. The third-order valence-electron chi connectivity index (χ3n) is 7.64. The van der Waals surface area contributed by atoms with Gasteiger partial charge in [0.1, 0.15) is 30.2 Å². The predicted octanol–water partition coefficient (Wildman–Crippen LogP) is 0.497. The fourth-order valence-electron chi connectivity index (χ4n) is 5.44. The lowest BCUT2D eigenvalue weighted by molar-refractivity contribution is -0.361. The number of amides is 3. The second-order valence-electron chi connectivity index (χ2n) is 10.6. The number of esters is 1. The van der Waals surface area contributed by atoms with E-state index < -0.39 is 37.0 Å². The number of fused-ring (bicyclic) bond motifs is 2. The van der Waals surface area contributed by atoms with E-state index in [-0.39, 0.29) is 49.7 Å². The summed E-state index contributed by atoms with van der Waals surface area (Å²) in [5, 5.41) is 30.0. The SMILES string of the molecule is C=CC(=O)N[13CH2][13CH2]O[13C@@H]1O[13C@@H]2[13CH2]OC(c3ccc(OC(=O)CCCC[C@@H]4SC[C@@H]5NC(=O)N[C@@H]54)cc3)O[13CH]2[C@H](O)[13C@H]1O. The minimum absolute atomic E-state index is 0.0614. The normalized spacial score (nSPS) is 33.6. The first-order valence-corrected chi connectivity index (χ1v) is 15.2. The largest absolute Gasteiger partial charge is 0.427 e. The van der Waals surface area contributed by atoms with Crippen LogP contribution in [0, 0.1) is 0 Å². The third-order valence-corrected chi connectivity index (χ3v) is 9.15. The lowest BCUT2D eigenvalue weighted by Gasteiger charge is -2.46. The van der Waals surface area contributed by atoms with E-state index in [2.05, 4.69) is 22.5 Å². The first kappa shape index (κ1) is 30.7. The number of carbonyl (C=O) groups excluding carboxylic acids is 3. The van der Waals surface area contributed by atoms with Gasteiger partial charge in [0.15, 0.2) is 12.6 Å². The van der Waals surface area contributed by atoms with Gasteiger partial charge >= 0.3 is 12.0 Å². The van der Waals surface area contributed by atoms with Crippen LogP contribution in [0.5, 0.6) is 5.75 Å². The Hall–Kier alpha value is -2.72. The van der Waals surface area contributed by atoms with Crippen LogP contribution in [0.4, 0.5) is 4.79 Å². The molecule has 2 unspecified atom stereocenters. The Balaban J connectivity index is 1.02. The first-order valence-electron chi connectivity index (χ1n) is 14.1. The Labute approximate surface area is 247 Å². The van der Waals surface area contributed by atoms with E-state index in [9.17, 15) is 24.6 Å². The molecule has 14 heteroatoms. The van der Waals surface area contributed by atoms with Crippen molar-refractivity contribution >= 4 is 29.7 Å². The number of nitrogens with one attached hydrogen (secondary N) is 3. The van der Waals surface area contributed by atoms with Crippen LogP contribution in [-0.2, 0) is 28.5 Å². The van der Waals surface area contributed by atoms with Crippen LogP contribution in [0.3, 0.4) is 0 Å². The smallest absolute Gasteiger partial charge is 0.315 e. The molecule has 42 heavy (non-hydrogen) atoms. The highest BCUT2D eigenvalue weighted by atomic mass is 32.2. The quantitative estimate of drug-likeness (QED) is 0.0554. The second-order valence-corrected chi connectivity index (χ2v) is 11.8. The van der Waals surface area contributed by atoms with Gasteiger partial charge in [-0.05, 0) is 31.1 Å². The van der Waals surface area contributed by atoms with Crippen LogP contribution in [0.15, 0.2) is 36.9 Å².